The number of fused-ring (bicyclic) bond motifs is 1. The van der Waals surface area contributed by atoms with E-state index in [4.69, 9.17) is 21.1 Å². The second-order valence-electron chi connectivity index (χ2n) is 5.83. The van der Waals surface area contributed by atoms with E-state index in [1.165, 1.54) is 18.2 Å². The topological polar surface area (TPSA) is 35.5 Å². The molecule has 0 N–H and O–H groups in total. The van der Waals surface area contributed by atoms with Gasteiger partial charge in [-0.05, 0) is 50.3 Å². The van der Waals surface area contributed by atoms with Crippen LogP contribution in [-0.2, 0) is 0 Å². The molecule has 0 fully saturated rings. The number of ketones is 1. The largest absolute Gasteiger partial charge is 0.489 e. The molecule has 0 amide bonds. The maximum absolute atomic E-state index is 13.9. The summed E-state index contributed by atoms with van der Waals surface area (Å²) in [6.07, 6.45) is 3.27. The van der Waals surface area contributed by atoms with Crippen molar-refractivity contribution in [1.29, 1.82) is 0 Å². The van der Waals surface area contributed by atoms with Crippen LogP contribution in [0.3, 0.4) is 0 Å². The Morgan fingerprint density at radius 1 is 1.28 bits per heavy atom. The first kappa shape index (κ1) is 17.2. The van der Waals surface area contributed by atoms with Gasteiger partial charge in [0.15, 0.2) is 5.76 Å². The molecule has 0 saturated carbocycles. The summed E-state index contributed by atoms with van der Waals surface area (Å²) in [6.45, 7) is 4.40. The van der Waals surface area contributed by atoms with Gasteiger partial charge in [0, 0.05) is 11.6 Å². The molecule has 0 spiro atoms. The average molecular weight is 359 g/mol. The lowest BCUT2D eigenvalue weighted by atomic mass is 10.1. The predicted molar refractivity (Wildman–Crippen MR) is 95.7 cm³/mol. The van der Waals surface area contributed by atoms with Crippen molar-refractivity contribution in [2.45, 2.75) is 13.8 Å². The fraction of sp³-hybridized carbons (Fsp3) is 0.150. The normalized spacial score (nSPS) is 14.2. The zero-order valence-corrected chi connectivity index (χ0v) is 14.6. The van der Waals surface area contributed by atoms with Crippen molar-refractivity contribution in [2.24, 2.45) is 0 Å². The molecule has 2 aromatic rings. The Kier molecular flexibility index (Phi) is 4.91. The van der Waals surface area contributed by atoms with Crippen LogP contribution in [0.15, 0.2) is 53.8 Å². The second-order valence-corrected chi connectivity index (χ2v) is 6.23. The second kappa shape index (κ2) is 7.11. The molecule has 1 aliphatic rings. The lowest BCUT2D eigenvalue weighted by molar-refractivity contribution is 0.101. The van der Waals surface area contributed by atoms with Gasteiger partial charge in [-0.2, -0.15) is 0 Å². The Morgan fingerprint density at radius 2 is 2.08 bits per heavy atom. The van der Waals surface area contributed by atoms with Gasteiger partial charge in [-0.15, -0.1) is 0 Å². The van der Waals surface area contributed by atoms with Gasteiger partial charge in [0.2, 0.25) is 5.78 Å². The first-order chi connectivity index (χ1) is 12.0. The van der Waals surface area contributed by atoms with Gasteiger partial charge in [0.1, 0.15) is 23.9 Å². The summed E-state index contributed by atoms with van der Waals surface area (Å²) in [5.74, 6) is 0.180. The molecule has 2 aromatic carbocycles. The van der Waals surface area contributed by atoms with Crippen LogP contribution >= 0.6 is 11.6 Å². The number of halogens is 2. The third-order valence-corrected chi connectivity index (χ3v) is 3.99. The van der Waals surface area contributed by atoms with Gasteiger partial charge >= 0.3 is 0 Å². The number of hydrogen-bond donors (Lipinski definition) is 0. The van der Waals surface area contributed by atoms with E-state index in [0.717, 1.165) is 5.57 Å². The van der Waals surface area contributed by atoms with Crippen molar-refractivity contribution in [1.82, 2.24) is 0 Å². The van der Waals surface area contributed by atoms with Crippen LogP contribution in [0.2, 0.25) is 5.02 Å². The van der Waals surface area contributed by atoms with Crippen LogP contribution in [0, 0.1) is 5.82 Å². The molecule has 0 aromatic heterocycles. The minimum absolute atomic E-state index is 0.0310. The lowest BCUT2D eigenvalue weighted by Crippen LogP contribution is -1.99. The van der Waals surface area contributed by atoms with Crippen LogP contribution in [-0.4, -0.2) is 12.4 Å². The molecular weight excluding hydrogens is 343 g/mol. The number of hydrogen-bond acceptors (Lipinski definition) is 3. The molecule has 0 aliphatic carbocycles. The van der Waals surface area contributed by atoms with E-state index in [1.807, 2.05) is 19.9 Å². The number of Topliss-reactive ketones (excluding diaryl/α,β-unsaturated/α-hetero) is 1. The molecule has 3 nitrogen and oxygen atoms in total. The van der Waals surface area contributed by atoms with Crippen LogP contribution in [0.25, 0.3) is 6.08 Å². The van der Waals surface area contributed by atoms with Gasteiger partial charge in [-0.1, -0.05) is 23.2 Å². The molecule has 0 saturated heterocycles. The highest BCUT2D eigenvalue weighted by molar-refractivity contribution is 6.32. The van der Waals surface area contributed by atoms with Crippen LogP contribution in [0.5, 0.6) is 11.5 Å². The molecule has 1 aliphatic heterocycles. The van der Waals surface area contributed by atoms with Gasteiger partial charge in [0.25, 0.3) is 0 Å². The van der Waals surface area contributed by atoms with Gasteiger partial charge in [-0.25, -0.2) is 4.39 Å². The van der Waals surface area contributed by atoms with Crippen molar-refractivity contribution < 1.29 is 18.7 Å². The molecule has 1 heterocycles. The summed E-state index contributed by atoms with van der Waals surface area (Å²) < 4.78 is 25.1. The number of ether oxygens (including phenoxy) is 2. The highest BCUT2D eigenvalue weighted by atomic mass is 35.5. The Labute approximate surface area is 150 Å². The average Bonchev–Trinajstić information content (AvgIpc) is 2.86. The van der Waals surface area contributed by atoms with Gasteiger partial charge < -0.3 is 9.47 Å². The zero-order valence-electron chi connectivity index (χ0n) is 13.8. The van der Waals surface area contributed by atoms with E-state index >= 15 is 0 Å². The third-order valence-electron chi connectivity index (χ3n) is 3.66. The molecule has 0 bridgehead atoms. The molecule has 25 heavy (non-hydrogen) atoms. The maximum atomic E-state index is 13.9. The summed E-state index contributed by atoms with van der Waals surface area (Å²) in [6, 6.07) is 9.33. The summed E-state index contributed by atoms with van der Waals surface area (Å²) in [5, 5.41) is 0.214. The highest BCUT2D eigenvalue weighted by Crippen LogP contribution is 2.35. The van der Waals surface area contributed by atoms with E-state index in [-0.39, 0.29) is 22.1 Å². The van der Waals surface area contributed by atoms with E-state index in [9.17, 15) is 9.18 Å². The van der Waals surface area contributed by atoms with Crippen LogP contribution in [0.4, 0.5) is 4.39 Å². The fourth-order valence-electron chi connectivity index (χ4n) is 2.34. The summed E-state index contributed by atoms with van der Waals surface area (Å²) in [5.41, 5.74) is 1.69. The number of allylic oxidation sites excluding steroid dienone is 2. The summed E-state index contributed by atoms with van der Waals surface area (Å²) in [4.78, 5) is 12.4. The van der Waals surface area contributed by atoms with Crippen molar-refractivity contribution in [3.05, 3.63) is 75.8 Å². The number of carbonyl (C=O) groups is 1. The van der Waals surface area contributed by atoms with E-state index in [2.05, 4.69) is 0 Å². The molecule has 0 unspecified atom stereocenters. The number of rotatable bonds is 4. The Bertz CT molecular complexity index is 876. The Hall–Kier alpha value is -2.59. The summed E-state index contributed by atoms with van der Waals surface area (Å²) in [7, 11) is 0. The lowest BCUT2D eigenvalue weighted by Gasteiger charge is -2.05. The maximum Gasteiger partial charge on any atom is 0.231 e. The number of benzene rings is 2. The third kappa shape index (κ3) is 3.74. The smallest absolute Gasteiger partial charge is 0.231 e. The first-order valence-corrected chi connectivity index (χ1v) is 8.12. The number of carbonyl (C=O) groups excluding carboxylic acids is 1. The molecule has 128 valence electrons. The van der Waals surface area contributed by atoms with Crippen LogP contribution < -0.4 is 9.47 Å². The minimum atomic E-state index is -0.516. The Morgan fingerprint density at radius 3 is 2.80 bits per heavy atom. The predicted octanol–water partition coefficient (Wildman–Crippen LogP) is 5.44. The molecule has 0 radical (unpaired) electrons. The minimum Gasteiger partial charge on any atom is -0.489 e. The molecule has 5 heteroatoms. The van der Waals surface area contributed by atoms with Crippen molar-refractivity contribution in [3.8, 4) is 11.5 Å². The Balaban J connectivity index is 1.86. The standard InChI is InChI=1S/C20H16ClFO3/c1-12(2)8-9-24-13-6-7-14-18(10-13)25-19(20(14)23)11-15-16(21)4-3-5-17(15)22/h3-8,10-11H,9H2,1-2H3/b19-11+. The van der Waals surface area contributed by atoms with Crippen molar-refractivity contribution in [2.75, 3.05) is 6.61 Å². The molecule has 0 atom stereocenters. The molecule has 3 rings (SSSR count). The SMILES string of the molecule is CC(C)=CCOc1ccc2c(c1)O/C(=C/c1c(F)cccc1Cl)C2=O. The molecular formula is C20H16ClFO3. The summed E-state index contributed by atoms with van der Waals surface area (Å²) >= 11 is 6.00. The fourth-order valence-corrected chi connectivity index (χ4v) is 2.56. The van der Waals surface area contributed by atoms with E-state index < -0.39 is 5.82 Å². The van der Waals surface area contributed by atoms with Crippen molar-refractivity contribution in [3.63, 3.8) is 0 Å². The van der Waals surface area contributed by atoms with Crippen LogP contribution in [0.1, 0.15) is 29.8 Å². The first-order valence-electron chi connectivity index (χ1n) is 7.74. The van der Waals surface area contributed by atoms with Crippen molar-refractivity contribution >= 4 is 23.5 Å². The zero-order chi connectivity index (χ0) is 18.0. The highest BCUT2D eigenvalue weighted by Gasteiger charge is 2.28. The van der Waals surface area contributed by atoms with E-state index in [0.29, 0.717) is 23.7 Å². The van der Waals surface area contributed by atoms with Gasteiger partial charge in [0.05, 0.1) is 10.6 Å². The van der Waals surface area contributed by atoms with E-state index in [1.54, 1.807) is 24.3 Å². The van der Waals surface area contributed by atoms with Gasteiger partial charge in [-0.3, -0.25) is 4.79 Å². The quantitative estimate of drug-likeness (QED) is 0.539. The monoisotopic (exact) mass is 358 g/mol.